The Morgan fingerprint density at radius 3 is 1.92 bits per heavy atom. The highest BCUT2D eigenvalue weighted by Crippen LogP contribution is 2.13. The molecular formula is C22H41N3O. The van der Waals surface area contributed by atoms with Crippen LogP contribution in [0.4, 0.5) is 0 Å². The van der Waals surface area contributed by atoms with Gasteiger partial charge in [-0.3, -0.25) is 4.79 Å². The number of nitrogens with one attached hydrogen (secondary N) is 2. The van der Waals surface area contributed by atoms with Crippen LogP contribution in [0, 0.1) is 0 Å². The Morgan fingerprint density at radius 2 is 1.42 bits per heavy atom. The quantitative estimate of drug-likeness (QED) is 0.317. The number of amides is 1. The monoisotopic (exact) mass is 363 g/mol. The molecule has 1 heterocycles. The van der Waals surface area contributed by atoms with Gasteiger partial charge in [-0.15, -0.1) is 0 Å². The molecule has 0 aliphatic carbocycles. The molecule has 1 aromatic rings. The first-order valence-corrected chi connectivity index (χ1v) is 11.1. The number of hydrogen-bond donors (Lipinski definition) is 2. The minimum atomic E-state index is 0.184. The van der Waals surface area contributed by atoms with Crippen molar-refractivity contribution in [3.63, 3.8) is 0 Å². The number of hydrogen-bond acceptors (Lipinski definition) is 2. The summed E-state index contributed by atoms with van der Waals surface area (Å²) in [5.74, 6) is 0.184. The summed E-state index contributed by atoms with van der Waals surface area (Å²) in [6, 6.07) is 0. The predicted octanol–water partition coefficient (Wildman–Crippen LogP) is 5.94. The molecule has 0 saturated carbocycles. The van der Waals surface area contributed by atoms with Gasteiger partial charge in [-0.1, -0.05) is 90.4 Å². The molecule has 4 heteroatoms. The molecule has 0 radical (unpaired) electrons. The number of aromatic amines is 1. The molecule has 26 heavy (non-hydrogen) atoms. The van der Waals surface area contributed by atoms with Gasteiger partial charge in [0.2, 0.25) is 5.91 Å². The normalized spacial score (nSPS) is 11.0. The number of H-pyrrole nitrogens is 1. The fourth-order valence-electron chi connectivity index (χ4n) is 3.33. The lowest BCUT2D eigenvalue weighted by Crippen LogP contribution is -2.25. The zero-order valence-electron chi connectivity index (χ0n) is 17.0. The molecule has 0 unspecified atom stereocenters. The van der Waals surface area contributed by atoms with Crippen molar-refractivity contribution in [1.29, 1.82) is 0 Å². The van der Waals surface area contributed by atoms with Crippen molar-refractivity contribution in [3.8, 4) is 0 Å². The van der Waals surface area contributed by atoms with Crippen LogP contribution in [-0.4, -0.2) is 22.4 Å². The van der Waals surface area contributed by atoms with Crippen LogP contribution in [-0.2, 0) is 11.2 Å². The molecule has 4 nitrogen and oxygen atoms in total. The molecular weight excluding hydrogens is 322 g/mol. The van der Waals surface area contributed by atoms with Gasteiger partial charge < -0.3 is 10.3 Å². The number of carbonyl (C=O) groups is 1. The van der Waals surface area contributed by atoms with Gasteiger partial charge in [0.15, 0.2) is 0 Å². The van der Waals surface area contributed by atoms with Gasteiger partial charge in [-0.25, -0.2) is 4.98 Å². The lowest BCUT2D eigenvalue weighted by molar-refractivity contribution is -0.121. The van der Waals surface area contributed by atoms with E-state index in [1.807, 2.05) is 0 Å². The number of rotatable bonds is 18. The molecule has 0 aliphatic rings. The molecule has 0 fully saturated rings. The van der Waals surface area contributed by atoms with Crippen LogP contribution in [0.25, 0.3) is 0 Å². The van der Waals surface area contributed by atoms with E-state index in [1.54, 1.807) is 12.5 Å². The van der Waals surface area contributed by atoms with Crippen LogP contribution in [0.3, 0.4) is 0 Å². The minimum Gasteiger partial charge on any atom is -0.356 e. The fraction of sp³-hybridized carbons (Fsp3) is 0.818. The van der Waals surface area contributed by atoms with Crippen LogP contribution in [0.5, 0.6) is 0 Å². The summed E-state index contributed by atoms with van der Waals surface area (Å²) in [4.78, 5) is 18.8. The van der Waals surface area contributed by atoms with E-state index < -0.39 is 0 Å². The van der Waals surface area contributed by atoms with Crippen molar-refractivity contribution in [2.45, 2.75) is 110 Å². The van der Waals surface area contributed by atoms with E-state index in [-0.39, 0.29) is 5.91 Å². The molecule has 0 saturated heterocycles. The van der Waals surface area contributed by atoms with E-state index in [1.165, 1.54) is 83.5 Å². The van der Waals surface area contributed by atoms with E-state index in [2.05, 4.69) is 22.2 Å². The highest BCUT2D eigenvalue weighted by molar-refractivity contribution is 5.75. The van der Waals surface area contributed by atoms with Gasteiger partial charge in [-0.05, 0) is 6.42 Å². The second-order valence-corrected chi connectivity index (χ2v) is 7.52. The average molecular weight is 364 g/mol. The molecule has 0 aliphatic heterocycles. The number of nitrogens with zero attached hydrogens (tertiary/aromatic N) is 1. The fourth-order valence-corrected chi connectivity index (χ4v) is 3.33. The van der Waals surface area contributed by atoms with Crippen molar-refractivity contribution in [3.05, 3.63) is 18.2 Å². The first kappa shape index (κ1) is 22.7. The number of imidazole rings is 1. The third-order valence-corrected chi connectivity index (χ3v) is 5.03. The molecule has 1 rings (SSSR count). The van der Waals surface area contributed by atoms with Crippen LogP contribution < -0.4 is 5.32 Å². The van der Waals surface area contributed by atoms with Crippen molar-refractivity contribution in [1.82, 2.24) is 15.3 Å². The van der Waals surface area contributed by atoms with Crippen molar-refractivity contribution >= 4 is 5.91 Å². The zero-order valence-corrected chi connectivity index (χ0v) is 17.0. The lowest BCUT2D eigenvalue weighted by atomic mass is 10.0. The topological polar surface area (TPSA) is 57.8 Å². The molecule has 0 atom stereocenters. The average Bonchev–Trinajstić information content (AvgIpc) is 3.15. The Bertz CT molecular complexity index is 417. The molecule has 0 bridgehead atoms. The standard InChI is InChI=1S/C22H41N3O/c1-2-3-4-5-6-7-8-9-10-11-12-13-14-15-16-22(26)24-18-17-21-19-23-20-25-21/h19-20H,2-18H2,1H3,(H,23,25)(H,24,26). The number of carbonyl (C=O) groups excluding carboxylic acids is 1. The SMILES string of the molecule is CCCCCCCCCCCCCCCCC(=O)NCCc1cnc[nH]1. The summed E-state index contributed by atoms with van der Waals surface area (Å²) < 4.78 is 0. The van der Waals surface area contributed by atoms with Gasteiger partial charge in [0.25, 0.3) is 0 Å². The Labute approximate surface area is 161 Å². The smallest absolute Gasteiger partial charge is 0.220 e. The minimum absolute atomic E-state index is 0.184. The molecule has 2 N–H and O–H groups in total. The van der Waals surface area contributed by atoms with Gasteiger partial charge in [0.1, 0.15) is 0 Å². The van der Waals surface area contributed by atoms with Gasteiger partial charge in [-0.2, -0.15) is 0 Å². The number of unbranched alkanes of at least 4 members (excludes halogenated alkanes) is 13. The molecule has 150 valence electrons. The molecule has 0 spiro atoms. The molecule has 0 aromatic carbocycles. The largest absolute Gasteiger partial charge is 0.356 e. The Balaban J connectivity index is 1.74. The summed E-state index contributed by atoms with van der Waals surface area (Å²) in [5, 5.41) is 2.98. The van der Waals surface area contributed by atoms with E-state index in [0.717, 1.165) is 18.5 Å². The van der Waals surface area contributed by atoms with Gasteiger partial charge >= 0.3 is 0 Å². The van der Waals surface area contributed by atoms with E-state index in [4.69, 9.17) is 0 Å². The third kappa shape index (κ3) is 13.9. The Morgan fingerprint density at radius 1 is 0.885 bits per heavy atom. The maximum Gasteiger partial charge on any atom is 0.220 e. The molecule has 1 aromatic heterocycles. The van der Waals surface area contributed by atoms with Gasteiger partial charge in [0.05, 0.1) is 6.33 Å². The summed E-state index contributed by atoms with van der Waals surface area (Å²) in [6.45, 7) is 2.97. The van der Waals surface area contributed by atoms with Crippen molar-refractivity contribution in [2.75, 3.05) is 6.54 Å². The second-order valence-electron chi connectivity index (χ2n) is 7.52. The van der Waals surface area contributed by atoms with E-state index >= 15 is 0 Å². The first-order chi connectivity index (χ1) is 12.8. The zero-order chi connectivity index (χ0) is 18.7. The first-order valence-electron chi connectivity index (χ1n) is 11.1. The van der Waals surface area contributed by atoms with Crippen LogP contribution in [0.1, 0.15) is 109 Å². The number of aromatic nitrogens is 2. The molecule has 1 amide bonds. The van der Waals surface area contributed by atoms with Gasteiger partial charge in [0, 0.05) is 31.3 Å². The van der Waals surface area contributed by atoms with Crippen LogP contribution in [0.15, 0.2) is 12.5 Å². The predicted molar refractivity (Wildman–Crippen MR) is 110 cm³/mol. The Kier molecular flexibility index (Phi) is 15.0. The summed E-state index contributed by atoms with van der Waals surface area (Å²) >= 11 is 0. The summed E-state index contributed by atoms with van der Waals surface area (Å²) in [7, 11) is 0. The van der Waals surface area contributed by atoms with Crippen molar-refractivity contribution in [2.24, 2.45) is 0 Å². The van der Waals surface area contributed by atoms with Crippen LogP contribution >= 0.6 is 0 Å². The van der Waals surface area contributed by atoms with E-state index in [9.17, 15) is 4.79 Å². The maximum atomic E-state index is 11.8. The summed E-state index contributed by atoms with van der Waals surface area (Å²) in [5.41, 5.74) is 1.07. The summed E-state index contributed by atoms with van der Waals surface area (Å²) in [6.07, 6.45) is 23.9. The lowest BCUT2D eigenvalue weighted by Gasteiger charge is -2.05. The second kappa shape index (κ2) is 17.1. The van der Waals surface area contributed by atoms with E-state index in [0.29, 0.717) is 13.0 Å². The maximum absolute atomic E-state index is 11.8. The highest BCUT2D eigenvalue weighted by Gasteiger charge is 2.01. The Hall–Kier alpha value is -1.32. The third-order valence-electron chi connectivity index (χ3n) is 5.03. The van der Waals surface area contributed by atoms with Crippen LogP contribution in [0.2, 0.25) is 0 Å². The van der Waals surface area contributed by atoms with Crippen molar-refractivity contribution < 1.29 is 4.79 Å². The highest BCUT2D eigenvalue weighted by atomic mass is 16.1.